The van der Waals surface area contributed by atoms with Crippen molar-refractivity contribution in [1.29, 1.82) is 0 Å². The molecule has 5 nitrogen and oxygen atoms in total. The van der Waals surface area contributed by atoms with E-state index in [1.807, 2.05) is 30.3 Å². The molecule has 0 fully saturated rings. The van der Waals surface area contributed by atoms with Crippen LogP contribution in [0.25, 0.3) is 0 Å². The Morgan fingerprint density at radius 1 is 1.19 bits per heavy atom. The van der Waals surface area contributed by atoms with Crippen LogP contribution < -0.4 is 5.73 Å². The molecule has 1 aromatic heterocycles. The first-order valence-electron chi connectivity index (χ1n) is 5.10. The number of hydrogen-bond acceptors (Lipinski definition) is 4. The number of rotatable bonds is 5. The maximum absolute atomic E-state index is 5.49. The van der Waals surface area contributed by atoms with E-state index in [4.69, 9.17) is 10.5 Å². The fraction of sp³-hybridized carbons (Fsp3) is 0.273. The fourth-order valence-electron chi connectivity index (χ4n) is 1.33. The van der Waals surface area contributed by atoms with Crippen molar-refractivity contribution in [3.63, 3.8) is 0 Å². The normalized spacial score (nSPS) is 10.6. The Balaban J connectivity index is 1.80. The molecule has 1 aromatic carbocycles. The Morgan fingerprint density at radius 2 is 2.00 bits per heavy atom. The van der Waals surface area contributed by atoms with Gasteiger partial charge in [0.25, 0.3) is 0 Å². The Kier molecular flexibility index (Phi) is 3.63. The van der Waals surface area contributed by atoms with Crippen LogP contribution in [0.3, 0.4) is 0 Å². The van der Waals surface area contributed by atoms with Crippen molar-refractivity contribution in [2.75, 3.05) is 0 Å². The number of nitrogens with zero attached hydrogens (tertiary/aromatic N) is 2. The maximum atomic E-state index is 5.49. The van der Waals surface area contributed by atoms with Crippen LogP contribution in [0.4, 0.5) is 0 Å². The van der Waals surface area contributed by atoms with Crippen molar-refractivity contribution < 1.29 is 4.74 Å². The Labute approximate surface area is 93.7 Å². The average Bonchev–Trinajstić information content (AvgIpc) is 2.78. The number of aromatic nitrogens is 3. The molecule has 84 valence electrons. The van der Waals surface area contributed by atoms with Crippen molar-refractivity contribution in [3.8, 4) is 0 Å². The summed E-state index contributed by atoms with van der Waals surface area (Å²) in [7, 11) is 0. The summed E-state index contributed by atoms with van der Waals surface area (Å²) < 4.78 is 5.49. The molecular formula is C11H14N4O. The lowest BCUT2D eigenvalue weighted by Crippen LogP contribution is -1.99. The van der Waals surface area contributed by atoms with Crippen molar-refractivity contribution in [2.45, 2.75) is 19.8 Å². The first kappa shape index (κ1) is 10.8. The second-order valence-electron chi connectivity index (χ2n) is 3.38. The molecule has 2 rings (SSSR count). The molecule has 0 atom stereocenters. The molecule has 0 amide bonds. The van der Waals surface area contributed by atoms with E-state index in [9.17, 15) is 0 Å². The molecule has 0 aliphatic rings. The molecule has 0 radical (unpaired) electrons. The van der Waals surface area contributed by atoms with Gasteiger partial charge in [0, 0.05) is 0 Å². The lowest BCUT2D eigenvalue weighted by Gasteiger charge is -2.01. The molecular weight excluding hydrogens is 204 g/mol. The molecule has 0 unspecified atom stereocenters. The number of hydrogen-bond donors (Lipinski definition) is 2. The minimum atomic E-state index is 0.342. The Morgan fingerprint density at radius 3 is 2.69 bits per heavy atom. The van der Waals surface area contributed by atoms with Gasteiger partial charge in [-0.15, -0.1) is 0 Å². The van der Waals surface area contributed by atoms with Gasteiger partial charge in [0.1, 0.15) is 6.61 Å². The topological polar surface area (TPSA) is 76.8 Å². The van der Waals surface area contributed by atoms with Crippen LogP contribution in [0.2, 0.25) is 0 Å². The first-order chi connectivity index (χ1) is 7.88. The maximum Gasteiger partial charge on any atom is 0.164 e. The van der Waals surface area contributed by atoms with Gasteiger partial charge in [-0.25, -0.2) is 4.98 Å². The summed E-state index contributed by atoms with van der Waals surface area (Å²) >= 11 is 0. The highest BCUT2D eigenvalue weighted by Crippen LogP contribution is 2.02. The third kappa shape index (κ3) is 2.88. The number of nitrogens with two attached hydrogens (primary N) is 1. The minimum absolute atomic E-state index is 0.342. The lowest BCUT2D eigenvalue weighted by atomic mass is 10.2. The van der Waals surface area contributed by atoms with E-state index in [-0.39, 0.29) is 0 Å². The summed E-state index contributed by atoms with van der Waals surface area (Å²) in [6, 6.07) is 9.99. The van der Waals surface area contributed by atoms with E-state index >= 15 is 0 Å². The summed E-state index contributed by atoms with van der Waals surface area (Å²) in [6.45, 7) is 1.33. The zero-order chi connectivity index (χ0) is 11.2. The SMILES string of the molecule is NCc1n[nH]c(COCc2ccccc2)n1. The van der Waals surface area contributed by atoms with E-state index < -0.39 is 0 Å². The van der Waals surface area contributed by atoms with Crippen molar-refractivity contribution in [1.82, 2.24) is 15.2 Å². The van der Waals surface area contributed by atoms with Crippen LogP contribution >= 0.6 is 0 Å². The molecule has 5 heteroatoms. The molecule has 0 aliphatic carbocycles. The minimum Gasteiger partial charge on any atom is -0.369 e. The molecule has 3 N–H and O–H groups in total. The van der Waals surface area contributed by atoms with Crippen molar-refractivity contribution in [2.24, 2.45) is 5.73 Å². The van der Waals surface area contributed by atoms with Crippen LogP contribution in [-0.2, 0) is 24.5 Å². The Bertz CT molecular complexity index is 427. The molecule has 16 heavy (non-hydrogen) atoms. The van der Waals surface area contributed by atoms with Gasteiger partial charge >= 0.3 is 0 Å². The molecule has 2 aromatic rings. The number of nitrogens with one attached hydrogen (secondary N) is 1. The number of ether oxygens (including phenoxy) is 1. The smallest absolute Gasteiger partial charge is 0.164 e. The lowest BCUT2D eigenvalue weighted by molar-refractivity contribution is 0.102. The van der Waals surface area contributed by atoms with Gasteiger partial charge < -0.3 is 10.5 Å². The largest absolute Gasteiger partial charge is 0.369 e. The van der Waals surface area contributed by atoms with Crippen molar-refractivity contribution in [3.05, 3.63) is 47.5 Å². The highest BCUT2D eigenvalue weighted by atomic mass is 16.5. The van der Waals surface area contributed by atoms with E-state index in [1.54, 1.807) is 0 Å². The van der Waals surface area contributed by atoms with Gasteiger partial charge in [-0.1, -0.05) is 30.3 Å². The van der Waals surface area contributed by atoms with Crippen LogP contribution in [0.5, 0.6) is 0 Å². The van der Waals surface area contributed by atoms with Gasteiger partial charge in [-0.3, -0.25) is 5.10 Å². The van der Waals surface area contributed by atoms with Gasteiger partial charge in [-0.05, 0) is 5.56 Å². The van der Waals surface area contributed by atoms with Gasteiger partial charge in [0.2, 0.25) is 0 Å². The second-order valence-corrected chi connectivity index (χ2v) is 3.38. The highest BCUT2D eigenvalue weighted by Gasteiger charge is 2.01. The summed E-state index contributed by atoms with van der Waals surface area (Å²) in [5.74, 6) is 1.31. The van der Waals surface area contributed by atoms with E-state index in [0.29, 0.717) is 31.4 Å². The fourth-order valence-corrected chi connectivity index (χ4v) is 1.33. The molecule has 0 saturated heterocycles. The number of H-pyrrole nitrogens is 1. The summed E-state index contributed by atoms with van der Waals surface area (Å²) in [4.78, 5) is 4.14. The summed E-state index contributed by atoms with van der Waals surface area (Å²) in [5, 5.41) is 6.70. The van der Waals surface area contributed by atoms with E-state index in [0.717, 1.165) is 5.56 Å². The average molecular weight is 218 g/mol. The summed E-state index contributed by atoms with van der Waals surface area (Å²) in [5.41, 5.74) is 6.54. The molecule has 1 heterocycles. The monoisotopic (exact) mass is 218 g/mol. The predicted molar refractivity (Wildman–Crippen MR) is 59.2 cm³/mol. The van der Waals surface area contributed by atoms with E-state index in [2.05, 4.69) is 15.2 Å². The van der Waals surface area contributed by atoms with Crippen molar-refractivity contribution >= 4 is 0 Å². The van der Waals surface area contributed by atoms with Gasteiger partial charge in [0.15, 0.2) is 11.6 Å². The molecule has 0 bridgehead atoms. The summed E-state index contributed by atoms with van der Waals surface area (Å²) in [6.07, 6.45) is 0. The van der Waals surface area contributed by atoms with Crippen LogP contribution in [0, 0.1) is 0 Å². The third-order valence-electron chi connectivity index (χ3n) is 2.11. The zero-order valence-electron chi connectivity index (χ0n) is 8.89. The highest BCUT2D eigenvalue weighted by molar-refractivity contribution is 5.13. The first-order valence-corrected chi connectivity index (χ1v) is 5.10. The predicted octanol–water partition coefficient (Wildman–Crippen LogP) is 0.980. The quantitative estimate of drug-likeness (QED) is 0.784. The second kappa shape index (κ2) is 5.39. The third-order valence-corrected chi connectivity index (χ3v) is 2.11. The van der Waals surface area contributed by atoms with Gasteiger partial charge in [-0.2, -0.15) is 5.10 Å². The molecule has 0 saturated carbocycles. The standard InChI is InChI=1S/C11H14N4O/c12-6-10-13-11(15-14-10)8-16-7-9-4-2-1-3-5-9/h1-5H,6-8,12H2,(H,13,14,15). The van der Waals surface area contributed by atoms with E-state index in [1.165, 1.54) is 0 Å². The van der Waals surface area contributed by atoms with Crippen LogP contribution in [0.1, 0.15) is 17.2 Å². The number of benzene rings is 1. The Hall–Kier alpha value is -1.72. The van der Waals surface area contributed by atoms with Crippen LogP contribution in [0.15, 0.2) is 30.3 Å². The van der Waals surface area contributed by atoms with Crippen LogP contribution in [-0.4, -0.2) is 15.2 Å². The molecule has 0 spiro atoms. The molecule has 0 aliphatic heterocycles. The zero-order valence-corrected chi connectivity index (χ0v) is 8.89. The van der Waals surface area contributed by atoms with Gasteiger partial charge in [0.05, 0.1) is 13.2 Å². The number of aromatic amines is 1.